The predicted molar refractivity (Wildman–Crippen MR) is 91.9 cm³/mol. The van der Waals surface area contributed by atoms with Crippen LogP contribution in [-0.4, -0.2) is 73.7 Å². The lowest BCUT2D eigenvalue weighted by molar-refractivity contribution is 0.0520. The van der Waals surface area contributed by atoms with Crippen LogP contribution in [0.5, 0.6) is 0 Å². The van der Waals surface area contributed by atoms with Crippen LogP contribution in [0.15, 0.2) is 0 Å². The van der Waals surface area contributed by atoms with Gasteiger partial charge in [-0.25, -0.2) is 0 Å². The van der Waals surface area contributed by atoms with E-state index in [2.05, 4.69) is 5.32 Å². The van der Waals surface area contributed by atoms with Crippen LogP contribution in [-0.2, 0) is 22.8 Å². The summed E-state index contributed by atoms with van der Waals surface area (Å²) in [5.74, 6) is 0.828. The molecule has 21 heavy (non-hydrogen) atoms. The number of rotatable bonds is 12. The van der Waals surface area contributed by atoms with Crippen LogP contribution >= 0.6 is 24.0 Å². The first-order valence-corrected chi connectivity index (χ1v) is 10.4. The Kier molecular flexibility index (Phi) is 12.7. The summed E-state index contributed by atoms with van der Waals surface area (Å²) in [4.78, 5) is 0. The number of thiocarbonyl (C=S) groups is 1. The van der Waals surface area contributed by atoms with Crippen LogP contribution in [0.1, 0.15) is 6.42 Å². The van der Waals surface area contributed by atoms with E-state index in [9.17, 15) is 0 Å². The van der Waals surface area contributed by atoms with E-state index in [0.717, 1.165) is 18.2 Å². The van der Waals surface area contributed by atoms with Crippen molar-refractivity contribution < 1.29 is 22.8 Å². The van der Waals surface area contributed by atoms with Crippen LogP contribution < -0.4 is 5.32 Å². The highest BCUT2D eigenvalue weighted by molar-refractivity contribution is 7.98. The molecule has 9 heteroatoms. The van der Waals surface area contributed by atoms with Gasteiger partial charge in [-0.1, -0.05) is 0 Å². The second-order valence-electron chi connectivity index (χ2n) is 4.21. The number of hydrogen-bond donors (Lipinski definition) is 1. The summed E-state index contributed by atoms with van der Waals surface area (Å²) in [6.45, 7) is 1.11. The molecule has 1 atom stereocenters. The minimum Gasteiger partial charge on any atom is -0.464 e. The summed E-state index contributed by atoms with van der Waals surface area (Å²) in [7, 11) is 4.09. The van der Waals surface area contributed by atoms with Crippen molar-refractivity contribution in [3.05, 3.63) is 0 Å². The van der Waals surface area contributed by atoms with Crippen molar-refractivity contribution in [2.24, 2.45) is 0 Å². The Morgan fingerprint density at radius 2 is 1.86 bits per heavy atom. The molecule has 1 unspecified atom stereocenters. The van der Waals surface area contributed by atoms with Gasteiger partial charge in [0.1, 0.15) is 6.10 Å². The first kappa shape index (κ1) is 21.1. The van der Waals surface area contributed by atoms with Gasteiger partial charge in [-0.15, -0.1) is 0 Å². The first-order chi connectivity index (χ1) is 10.1. The Labute approximate surface area is 138 Å². The summed E-state index contributed by atoms with van der Waals surface area (Å²) in [5, 5.41) is 3.19. The van der Waals surface area contributed by atoms with E-state index in [1.54, 1.807) is 40.1 Å². The van der Waals surface area contributed by atoms with E-state index in [0.29, 0.717) is 18.4 Å². The zero-order valence-electron chi connectivity index (χ0n) is 13.5. The highest BCUT2D eigenvalue weighted by Gasteiger charge is 2.36. The lowest BCUT2D eigenvalue weighted by Gasteiger charge is -2.24. The van der Waals surface area contributed by atoms with Crippen molar-refractivity contribution in [3.63, 3.8) is 0 Å². The molecule has 0 aliphatic heterocycles. The maximum absolute atomic E-state index is 5.65. The Balaban J connectivity index is 3.96. The fourth-order valence-electron chi connectivity index (χ4n) is 1.67. The standard InChI is InChI=1S/C12H27NO5S2Si/c1-13-12(19)18-11(10-20-5)9-17-7-6-8-21(14-2,15-3)16-4/h11H,6-10H2,1-5H3,(H,13,19). The van der Waals surface area contributed by atoms with E-state index in [4.69, 9.17) is 35.0 Å². The van der Waals surface area contributed by atoms with E-state index in [-0.39, 0.29) is 6.10 Å². The van der Waals surface area contributed by atoms with Gasteiger partial charge in [0.2, 0.25) is 0 Å². The first-order valence-electron chi connectivity index (χ1n) is 6.68. The third-order valence-electron chi connectivity index (χ3n) is 2.84. The Hall–Kier alpha value is 0.0969. The van der Waals surface area contributed by atoms with Crippen LogP contribution in [0, 0.1) is 0 Å². The maximum atomic E-state index is 5.65. The fourth-order valence-corrected chi connectivity index (χ4v) is 4.04. The molecule has 0 aliphatic carbocycles. The van der Waals surface area contributed by atoms with Crippen LogP contribution in [0.4, 0.5) is 0 Å². The molecule has 0 aromatic heterocycles. The van der Waals surface area contributed by atoms with Gasteiger partial charge in [0.05, 0.1) is 6.61 Å². The Morgan fingerprint density at radius 1 is 1.24 bits per heavy atom. The van der Waals surface area contributed by atoms with Crippen molar-refractivity contribution in [2.75, 3.05) is 53.6 Å². The summed E-state index contributed by atoms with van der Waals surface area (Å²) in [6, 6.07) is 0.722. The van der Waals surface area contributed by atoms with Gasteiger partial charge >= 0.3 is 8.80 Å². The number of nitrogens with one attached hydrogen (secondary N) is 1. The Morgan fingerprint density at radius 3 is 2.33 bits per heavy atom. The molecule has 0 aliphatic rings. The largest absolute Gasteiger partial charge is 0.500 e. The molecule has 0 aromatic rings. The number of thioether (sulfide) groups is 1. The second-order valence-corrected chi connectivity index (χ2v) is 8.58. The minimum absolute atomic E-state index is 0.0470. The van der Waals surface area contributed by atoms with E-state index in [1.807, 2.05) is 6.26 Å². The highest BCUT2D eigenvalue weighted by Crippen LogP contribution is 2.15. The molecule has 6 nitrogen and oxygen atoms in total. The summed E-state index contributed by atoms with van der Waals surface area (Å²) < 4.78 is 27.3. The van der Waals surface area contributed by atoms with Gasteiger partial charge in [-0.05, 0) is 24.9 Å². The summed E-state index contributed by atoms with van der Waals surface area (Å²) >= 11 is 6.70. The van der Waals surface area contributed by atoms with Crippen molar-refractivity contribution >= 4 is 38.0 Å². The molecule has 0 radical (unpaired) electrons. The molecule has 0 fully saturated rings. The summed E-state index contributed by atoms with van der Waals surface area (Å²) in [6.07, 6.45) is 2.79. The Bertz CT molecular complexity index is 274. The minimum atomic E-state index is -2.49. The molecule has 0 spiro atoms. The maximum Gasteiger partial charge on any atom is 0.500 e. The third-order valence-corrected chi connectivity index (χ3v) is 6.68. The molecule has 0 bridgehead atoms. The molecule has 126 valence electrons. The van der Waals surface area contributed by atoms with Crippen LogP contribution in [0.3, 0.4) is 0 Å². The molecule has 1 N–H and O–H groups in total. The normalized spacial score (nSPS) is 13.0. The number of ether oxygens (including phenoxy) is 2. The van der Waals surface area contributed by atoms with E-state index in [1.165, 1.54) is 0 Å². The monoisotopic (exact) mass is 357 g/mol. The lowest BCUT2D eigenvalue weighted by atomic mass is 10.4. The van der Waals surface area contributed by atoms with Gasteiger partial charge in [0, 0.05) is 46.8 Å². The van der Waals surface area contributed by atoms with Gasteiger partial charge in [0.25, 0.3) is 5.17 Å². The molecule has 0 heterocycles. The van der Waals surface area contributed by atoms with Crippen molar-refractivity contribution in [3.8, 4) is 0 Å². The average Bonchev–Trinajstić information content (AvgIpc) is 2.51. The molecule has 0 amide bonds. The third kappa shape index (κ3) is 8.96. The van der Waals surface area contributed by atoms with E-state index < -0.39 is 8.80 Å². The van der Waals surface area contributed by atoms with Gasteiger partial charge in [0.15, 0.2) is 0 Å². The molecule has 0 aromatic carbocycles. The zero-order chi connectivity index (χ0) is 16.1. The van der Waals surface area contributed by atoms with Crippen LogP contribution in [0.2, 0.25) is 6.04 Å². The zero-order valence-corrected chi connectivity index (χ0v) is 16.1. The van der Waals surface area contributed by atoms with Crippen molar-refractivity contribution in [1.29, 1.82) is 0 Å². The van der Waals surface area contributed by atoms with Crippen LogP contribution in [0.25, 0.3) is 0 Å². The predicted octanol–water partition coefficient (Wildman–Crippen LogP) is 1.52. The van der Waals surface area contributed by atoms with Gasteiger partial charge in [-0.2, -0.15) is 11.8 Å². The number of hydrogen-bond acceptors (Lipinski definition) is 7. The van der Waals surface area contributed by atoms with E-state index >= 15 is 0 Å². The highest BCUT2D eigenvalue weighted by atomic mass is 32.2. The molecule has 0 saturated carbocycles. The van der Waals surface area contributed by atoms with Gasteiger partial charge in [-0.3, -0.25) is 0 Å². The SMILES string of the molecule is CNC(=S)OC(COCCC[Si](OC)(OC)OC)CSC. The second kappa shape index (κ2) is 12.6. The summed E-state index contributed by atoms with van der Waals surface area (Å²) in [5.41, 5.74) is 0. The molecular weight excluding hydrogens is 330 g/mol. The quantitative estimate of drug-likeness (QED) is 0.321. The van der Waals surface area contributed by atoms with Gasteiger partial charge < -0.3 is 28.1 Å². The topological polar surface area (TPSA) is 58.2 Å². The average molecular weight is 358 g/mol. The molecular formula is C12H27NO5S2Si. The van der Waals surface area contributed by atoms with Crippen molar-refractivity contribution in [2.45, 2.75) is 18.6 Å². The lowest BCUT2D eigenvalue weighted by Crippen LogP contribution is -2.42. The smallest absolute Gasteiger partial charge is 0.464 e. The molecule has 0 saturated heterocycles. The fraction of sp³-hybridized carbons (Fsp3) is 0.917. The molecule has 0 rings (SSSR count). The van der Waals surface area contributed by atoms with Crippen molar-refractivity contribution in [1.82, 2.24) is 5.32 Å².